The third kappa shape index (κ3) is 1.85. The van der Waals surface area contributed by atoms with Crippen LogP contribution in [0.1, 0.15) is 18.5 Å². The predicted octanol–water partition coefficient (Wildman–Crippen LogP) is 1.89. The van der Waals surface area contributed by atoms with Gasteiger partial charge in [0.15, 0.2) is 11.6 Å². The zero-order chi connectivity index (χ0) is 10.9. The zero-order valence-corrected chi connectivity index (χ0v) is 7.33. The van der Waals surface area contributed by atoms with Gasteiger partial charge in [-0.1, -0.05) is 0 Å². The molecule has 1 rings (SSSR count). The second kappa shape index (κ2) is 3.67. The topological polar surface area (TPSA) is 69.2 Å². The van der Waals surface area contributed by atoms with E-state index in [1.54, 1.807) is 0 Å². The van der Waals surface area contributed by atoms with Gasteiger partial charge in [0.05, 0.1) is 11.0 Å². The number of nitro groups is 1. The van der Waals surface area contributed by atoms with Gasteiger partial charge >= 0.3 is 0 Å². The van der Waals surface area contributed by atoms with Crippen molar-refractivity contribution in [2.45, 2.75) is 13.0 Å². The molecule has 1 aromatic rings. The summed E-state index contributed by atoms with van der Waals surface area (Å²) in [5.41, 5.74) is 4.86. The van der Waals surface area contributed by atoms with E-state index in [0.717, 1.165) is 6.07 Å². The molecule has 0 saturated heterocycles. The molecule has 0 heterocycles. The molecular weight excluding hydrogens is 194 g/mol. The molecule has 0 amide bonds. The maximum atomic E-state index is 12.7. The number of nitro benzene ring substituents is 1. The van der Waals surface area contributed by atoms with E-state index in [2.05, 4.69) is 0 Å². The quantitative estimate of drug-likeness (QED) is 0.588. The first-order chi connectivity index (χ1) is 6.43. The van der Waals surface area contributed by atoms with E-state index >= 15 is 0 Å². The highest BCUT2D eigenvalue weighted by Crippen LogP contribution is 2.26. The maximum absolute atomic E-state index is 12.7. The Morgan fingerprint density at radius 3 is 2.36 bits per heavy atom. The highest BCUT2D eigenvalue weighted by Gasteiger charge is 2.20. The molecule has 76 valence electrons. The van der Waals surface area contributed by atoms with Crippen LogP contribution in [0.25, 0.3) is 0 Å². The van der Waals surface area contributed by atoms with Gasteiger partial charge in [0.1, 0.15) is 0 Å². The highest BCUT2D eigenvalue weighted by atomic mass is 19.2. The Morgan fingerprint density at radius 2 is 1.93 bits per heavy atom. The van der Waals surface area contributed by atoms with Crippen LogP contribution in [0.4, 0.5) is 14.5 Å². The monoisotopic (exact) mass is 202 g/mol. The van der Waals surface area contributed by atoms with Crippen molar-refractivity contribution in [2.24, 2.45) is 5.73 Å². The van der Waals surface area contributed by atoms with Crippen LogP contribution in [-0.2, 0) is 0 Å². The predicted molar refractivity (Wildman–Crippen MR) is 45.6 cm³/mol. The van der Waals surface area contributed by atoms with E-state index in [1.807, 2.05) is 0 Å². The Kier molecular flexibility index (Phi) is 2.76. The Bertz CT molecular complexity index is 380. The minimum atomic E-state index is -1.25. The average molecular weight is 202 g/mol. The van der Waals surface area contributed by atoms with Crippen molar-refractivity contribution in [1.29, 1.82) is 0 Å². The van der Waals surface area contributed by atoms with Crippen LogP contribution in [0.15, 0.2) is 12.1 Å². The molecule has 0 bridgehead atoms. The number of hydrogen-bond donors (Lipinski definition) is 1. The summed E-state index contributed by atoms with van der Waals surface area (Å²) in [6, 6.07) is 0.567. The molecule has 0 aliphatic rings. The van der Waals surface area contributed by atoms with Crippen molar-refractivity contribution in [1.82, 2.24) is 0 Å². The van der Waals surface area contributed by atoms with Gasteiger partial charge in [0.2, 0.25) is 0 Å². The lowest BCUT2D eigenvalue weighted by Gasteiger charge is -2.06. The molecule has 2 N–H and O–H groups in total. The minimum Gasteiger partial charge on any atom is -0.324 e. The van der Waals surface area contributed by atoms with Crippen molar-refractivity contribution in [3.8, 4) is 0 Å². The number of nitrogens with zero attached hydrogens (tertiary/aromatic N) is 1. The van der Waals surface area contributed by atoms with Crippen molar-refractivity contribution in [3.63, 3.8) is 0 Å². The van der Waals surface area contributed by atoms with Crippen molar-refractivity contribution < 1.29 is 13.7 Å². The number of nitrogens with two attached hydrogens (primary N) is 1. The summed E-state index contributed by atoms with van der Waals surface area (Å²) in [4.78, 5) is 9.66. The van der Waals surface area contributed by atoms with Gasteiger partial charge in [-0.25, -0.2) is 8.78 Å². The lowest BCUT2D eigenvalue weighted by molar-refractivity contribution is -0.385. The van der Waals surface area contributed by atoms with Crippen LogP contribution in [0.5, 0.6) is 0 Å². The largest absolute Gasteiger partial charge is 0.324 e. The van der Waals surface area contributed by atoms with E-state index in [1.165, 1.54) is 6.92 Å². The third-order valence-corrected chi connectivity index (χ3v) is 1.76. The molecule has 0 saturated carbocycles. The van der Waals surface area contributed by atoms with E-state index in [4.69, 9.17) is 5.73 Å². The second-order valence-electron chi connectivity index (χ2n) is 2.87. The molecule has 0 unspecified atom stereocenters. The molecule has 6 heteroatoms. The molecule has 1 aromatic carbocycles. The lowest BCUT2D eigenvalue weighted by atomic mass is 10.1. The van der Waals surface area contributed by atoms with Crippen LogP contribution in [0, 0.1) is 21.7 Å². The summed E-state index contributed by atoms with van der Waals surface area (Å²) in [7, 11) is 0. The molecule has 0 aliphatic carbocycles. The number of halogens is 2. The van der Waals surface area contributed by atoms with E-state index in [-0.39, 0.29) is 5.56 Å². The smallest absolute Gasteiger partial charge is 0.277 e. The molecular formula is C8H8F2N2O2. The molecule has 1 atom stereocenters. The zero-order valence-electron chi connectivity index (χ0n) is 7.33. The fourth-order valence-electron chi connectivity index (χ4n) is 1.07. The maximum Gasteiger partial charge on any atom is 0.277 e. The van der Waals surface area contributed by atoms with Crippen LogP contribution >= 0.6 is 0 Å². The van der Waals surface area contributed by atoms with Gasteiger partial charge in [0, 0.05) is 11.6 Å². The van der Waals surface area contributed by atoms with Crippen molar-refractivity contribution in [3.05, 3.63) is 39.4 Å². The fourth-order valence-corrected chi connectivity index (χ4v) is 1.07. The van der Waals surface area contributed by atoms with Gasteiger partial charge in [-0.15, -0.1) is 0 Å². The van der Waals surface area contributed by atoms with Gasteiger partial charge < -0.3 is 5.73 Å². The summed E-state index contributed by atoms with van der Waals surface area (Å²) in [6.07, 6.45) is 0. The third-order valence-electron chi connectivity index (χ3n) is 1.76. The van der Waals surface area contributed by atoms with Crippen molar-refractivity contribution >= 4 is 5.69 Å². The fraction of sp³-hybridized carbons (Fsp3) is 0.250. The molecule has 4 nitrogen and oxygen atoms in total. The van der Waals surface area contributed by atoms with Gasteiger partial charge in [-0.05, 0) is 13.0 Å². The van der Waals surface area contributed by atoms with Crippen LogP contribution in [0.3, 0.4) is 0 Å². The molecule has 14 heavy (non-hydrogen) atoms. The summed E-state index contributed by atoms with van der Waals surface area (Å²) >= 11 is 0. The van der Waals surface area contributed by atoms with Crippen LogP contribution in [0.2, 0.25) is 0 Å². The molecule has 0 radical (unpaired) electrons. The first-order valence-corrected chi connectivity index (χ1v) is 3.82. The van der Waals surface area contributed by atoms with E-state index in [9.17, 15) is 18.9 Å². The summed E-state index contributed by atoms with van der Waals surface area (Å²) in [5, 5.41) is 10.5. The summed E-state index contributed by atoms with van der Waals surface area (Å²) in [5.74, 6) is -2.39. The highest BCUT2D eigenvalue weighted by molar-refractivity contribution is 5.42. The number of rotatable bonds is 2. The van der Waals surface area contributed by atoms with E-state index in [0.29, 0.717) is 6.07 Å². The lowest BCUT2D eigenvalue weighted by Crippen LogP contribution is -2.09. The molecule has 0 fully saturated rings. The first kappa shape index (κ1) is 10.5. The van der Waals surface area contributed by atoms with Gasteiger partial charge in [-0.2, -0.15) is 0 Å². The molecule has 0 aromatic heterocycles. The summed E-state index contributed by atoms with van der Waals surface area (Å²) in [6.45, 7) is 1.46. The summed E-state index contributed by atoms with van der Waals surface area (Å²) < 4.78 is 25.4. The normalized spacial score (nSPS) is 12.6. The van der Waals surface area contributed by atoms with E-state index < -0.39 is 28.3 Å². The van der Waals surface area contributed by atoms with Crippen LogP contribution in [-0.4, -0.2) is 4.92 Å². The molecule has 0 aliphatic heterocycles. The number of hydrogen-bond acceptors (Lipinski definition) is 3. The van der Waals surface area contributed by atoms with Gasteiger partial charge in [0.25, 0.3) is 5.69 Å². The Labute approximate surface area is 78.5 Å². The standard InChI is InChI=1S/C8H8F2N2O2/c1-4(11)5-2-6(9)7(10)3-8(5)12(13)14/h2-4H,11H2,1H3/t4-/m0/s1. The minimum absolute atomic E-state index is 0.0195. The van der Waals surface area contributed by atoms with Crippen LogP contribution < -0.4 is 5.73 Å². The Balaban J connectivity index is 3.39. The van der Waals surface area contributed by atoms with Gasteiger partial charge in [-0.3, -0.25) is 10.1 Å². The van der Waals surface area contributed by atoms with Crippen molar-refractivity contribution in [2.75, 3.05) is 0 Å². The Hall–Kier alpha value is -1.56. The first-order valence-electron chi connectivity index (χ1n) is 3.82. The SMILES string of the molecule is C[C@H](N)c1cc(F)c(F)cc1[N+](=O)[O-]. The average Bonchev–Trinajstić information content (AvgIpc) is 2.08. The Morgan fingerprint density at radius 1 is 1.43 bits per heavy atom. The number of benzene rings is 1. The molecule has 0 spiro atoms. The second-order valence-corrected chi connectivity index (χ2v) is 2.87.